The van der Waals surface area contributed by atoms with E-state index in [0.717, 1.165) is 5.56 Å². The van der Waals surface area contributed by atoms with Crippen molar-refractivity contribution in [3.8, 4) is 0 Å². The van der Waals surface area contributed by atoms with Crippen molar-refractivity contribution >= 4 is 25.1 Å². The predicted molar refractivity (Wildman–Crippen MR) is 166 cm³/mol. The zero-order chi connectivity index (χ0) is 34.4. The standard InChI is InChI=1S/C34H39FNO11P/c1-31-8-7-22(38)12-21(31)5-6-24-25-13-29-34(28(40)17-45-48(41,42)43,32(25,2)14-27(39)33(24,31)35)47-30(46-29)20-11-23(44-16-20)9-18-3-4-19(15-37)26(36)10-18/h3-4,7-8,10-12,16,24-25,27,29-30,37,39H,5-6,9,13-15,17,36H2,1-2H3,(H2,41,42,43)/t24-,25-,27-,29+,30+,31-,32-,33-,34+/m0/s1. The van der Waals surface area contributed by atoms with Crippen molar-refractivity contribution in [2.75, 3.05) is 12.3 Å². The van der Waals surface area contributed by atoms with E-state index in [1.165, 1.54) is 18.4 Å². The van der Waals surface area contributed by atoms with Crippen molar-refractivity contribution in [3.63, 3.8) is 0 Å². The minimum absolute atomic E-state index is 0.177. The third-order valence-electron chi connectivity index (χ3n) is 11.9. The third kappa shape index (κ3) is 4.78. The number of hydrogen-bond acceptors (Lipinski definition) is 10. The van der Waals surface area contributed by atoms with Gasteiger partial charge in [-0.2, -0.15) is 0 Å². The Balaban J connectivity index is 1.22. The number of ether oxygens (including phenoxy) is 2. The Hall–Kier alpha value is -3.00. The van der Waals surface area contributed by atoms with Gasteiger partial charge in [0.2, 0.25) is 0 Å². The van der Waals surface area contributed by atoms with Crippen LogP contribution < -0.4 is 5.73 Å². The van der Waals surface area contributed by atoms with Gasteiger partial charge in [-0.05, 0) is 68.4 Å². The number of nitrogens with two attached hydrogens (primary N) is 1. The van der Waals surface area contributed by atoms with Crippen LogP contribution >= 0.6 is 7.82 Å². The highest BCUT2D eigenvalue weighted by Crippen LogP contribution is 2.72. The Bertz CT molecular complexity index is 1790. The number of halogens is 1. The lowest BCUT2D eigenvalue weighted by Gasteiger charge is -2.62. The van der Waals surface area contributed by atoms with E-state index in [9.17, 15) is 34.2 Å². The second kappa shape index (κ2) is 11.3. The SMILES string of the molecule is C[C@]12C=CC(=O)C=C1CC[C@H]1[C@@H]3C[C@H]4O[C@@H](c5coc(Cc6ccc(CO)c(N)c6)c5)O[C@@]4(C(=O)COP(=O)(O)O)[C@@]3(C)C[C@H](O)[C@@]12F. The Morgan fingerprint density at radius 3 is 2.69 bits per heavy atom. The number of anilines is 1. The van der Waals surface area contributed by atoms with Crippen LogP contribution in [0.3, 0.4) is 0 Å². The van der Waals surface area contributed by atoms with E-state index in [0.29, 0.717) is 47.4 Å². The number of benzene rings is 1. The zero-order valence-electron chi connectivity index (χ0n) is 26.5. The number of carbonyl (C=O) groups is 2. The van der Waals surface area contributed by atoms with Gasteiger partial charge >= 0.3 is 7.82 Å². The van der Waals surface area contributed by atoms with Gasteiger partial charge in [-0.3, -0.25) is 14.1 Å². The number of nitrogen functional groups attached to an aromatic ring is 1. The summed E-state index contributed by atoms with van der Waals surface area (Å²) in [6, 6.07) is 6.99. The monoisotopic (exact) mass is 687 g/mol. The first-order chi connectivity index (χ1) is 22.6. The fourth-order valence-electron chi connectivity index (χ4n) is 9.57. The van der Waals surface area contributed by atoms with Gasteiger partial charge in [-0.1, -0.05) is 30.7 Å². The van der Waals surface area contributed by atoms with Crippen molar-refractivity contribution in [1.29, 1.82) is 0 Å². The normalized spacial score (nSPS) is 38.6. The van der Waals surface area contributed by atoms with Crippen molar-refractivity contribution in [1.82, 2.24) is 0 Å². The van der Waals surface area contributed by atoms with Gasteiger partial charge in [-0.25, -0.2) is 8.96 Å². The van der Waals surface area contributed by atoms with Crippen LogP contribution in [0.15, 0.2) is 58.7 Å². The van der Waals surface area contributed by atoms with Crippen molar-refractivity contribution in [2.24, 2.45) is 22.7 Å². The molecule has 0 spiro atoms. The van der Waals surface area contributed by atoms with E-state index < -0.39 is 72.6 Å². The number of phosphoric ester groups is 1. The first kappa shape index (κ1) is 33.5. The molecule has 0 unspecified atom stereocenters. The first-order valence-corrected chi connectivity index (χ1v) is 17.5. The number of phosphoric acid groups is 1. The van der Waals surface area contributed by atoms with Crippen LogP contribution in [0, 0.1) is 22.7 Å². The Morgan fingerprint density at radius 2 is 1.98 bits per heavy atom. The second-order valence-electron chi connectivity index (χ2n) is 14.2. The number of aliphatic hydroxyl groups excluding tert-OH is 2. The summed E-state index contributed by atoms with van der Waals surface area (Å²) >= 11 is 0. The van der Waals surface area contributed by atoms with Crippen molar-refractivity contribution in [2.45, 2.75) is 82.3 Å². The van der Waals surface area contributed by atoms with Crippen LogP contribution in [0.25, 0.3) is 0 Å². The molecule has 5 aliphatic rings. The van der Waals surface area contributed by atoms with Crippen LogP contribution in [0.1, 0.15) is 68.3 Å². The lowest BCUT2D eigenvalue weighted by molar-refractivity contribution is -0.231. The molecule has 3 saturated carbocycles. The van der Waals surface area contributed by atoms with E-state index in [4.69, 9.17) is 19.6 Å². The summed E-state index contributed by atoms with van der Waals surface area (Å²) < 4.78 is 52.8. The number of rotatable bonds is 8. The van der Waals surface area contributed by atoms with Crippen LogP contribution in [-0.4, -0.2) is 61.7 Å². The summed E-state index contributed by atoms with van der Waals surface area (Å²) in [5.41, 5.74) is 2.48. The van der Waals surface area contributed by atoms with Gasteiger partial charge in [0.15, 0.2) is 29.1 Å². The maximum Gasteiger partial charge on any atom is 0.470 e. The first-order valence-electron chi connectivity index (χ1n) is 16.0. The number of ketones is 2. The van der Waals surface area contributed by atoms with Gasteiger partial charge in [0.25, 0.3) is 0 Å². The highest BCUT2D eigenvalue weighted by molar-refractivity contribution is 7.46. The third-order valence-corrected chi connectivity index (χ3v) is 12.3. The second-order valence-corrected chi connectivity index (χ2v) is 15.5. The van der Waals surface area contributed by atoms with Gasteiger partial charge in [0, 0.05) is 40.0 Å². The van der Waals surface area contributed by atoms with E-state index >= 15 is 4.39 Å². The van der Waals surface area contributed by atoms with Crippen LogP contribution in [-0.2, 0) is 41.2 Å². The van der Waals surface area contributed by atoms with Crippen LogP contribution in [0.2, 0.25) is 0 Å². The Morgan fingerprint density at radius 1 is 1.21 bits per heavy atom. The Kier molecular flexibility index (Phi) is 7.86. The molecule has 9 atom stereocenters. The molecule has 12 nitrogen and oxygen atoms in total. The van der Waals surface area contributed by atoms with E-state index in [1.54, 1.807) is 38.1 Å². The molecule has 0 bridgehead atoms. The topological polar surface area (TPSA) is 199 Å². The predicted octanol–water partition coefficient (Wildman–Crippen LogP) is 3.76. The number of alkyl halides is 1. The lowest BCUT2D eigenvalue weighted by Crippen LogP contribution is -2.69. The molecule has 1 saturated heterocycles. The quantitative estimate of drug-likeness (QED) is 0.199. The van der Waals surface area contributed by atoms with E-state index in [2.05, 4.69) is 4.52 Å². The summed E-state index contributed by atoms with van der Waals surface area (Å²) in [4.78, 5) is 45.2. The average Bonchev–Trinajstić information content (AvgIpc) is 3.70. The fraction of sp³-hybridized carbons (Fsp3) is 0.529. The minimum Gasteiger partial charge on any atom is -0.469 e. The maximum atomic E-state index is 17.7. The van der Waals surface area contributed by atoms with Crippen molar-refractivity contribution < 1.29 is 57.0 Å². The molecule has 1 aliphatic heterocycles. The molecule has 0 amide bonds. The maximum absolute atomic E-state index is 17.7. The van der Waals surface area contributed by atoms with Gasteiger partial charge in [0.05, 0.1) is 25.1 Å². The molecule has 48 heavy (non-hydrogen) atoms. The summed E-state index contributed by atoms with van der Waals surface area (Å²) in [6.07, 6.45) is 3.15. The van der Waals surface area contributed by atoms with Crippen LogP contribution in [0.5, 0.6) is 0 Å². The summed E-state index contributed by atoms with van der Waals surface area (Å²) in [7, 11) is -5.05. The molecular weight excluding hydrogens is 648 g/mol. The largest absolute Gasteiger partial charge is 0.470 e. The molecule has 14 heteroatoms. The van der Waals surface area contributed by atoms with Crippen molar-refractivity contribution in [3.05, 3.63) is 76.8 Å². The highest BCUT2D eigenvalue weighted by Gasteiger charge is 2.79. The van der Waals surface area contributed by atoms with Gasteiger partial charge < -0.3 is 39.6 Å². The molecule has 2 aromatic rings. The molecule has 7 rings (SSSR count). The zero-order valence-corrected chi connectivity index (χ0v) is 27.4. The molecule has 0 radical (unpaired) electrons. The molecule has 1 aromatic heterocycles. The Labute approximate surface area is 276 Å². The number of allylic oxidation sites excluding steroid dienone is 4. The van der Waals surface area contributed by atoms with Gasteiger partial charge in [0.1, 0.15) is 12.4 Å². The number of Topliss-reactive ketones (excluding diaryl/α,β-unsaturated/α-hetero) is 1. The summed E-state index contributed by atoms with van der Waals surface area (Å²) in [6.45, 7) is 2.27. The molecular formula is C34H39FNO11P. The number of aliphatic hydroxyl groups is 2. The average molecular weight is 688 g/mol. The number of carbonyl (C=O) groups excluding carboxylic acids is 2. The molecule has 4 fully saturated rings. The van der Waals surface area contributed by atoms with Crippen LogP contribution in [0.4, 0.5) is 10.1 Å². The lowest BCUT2D eigenvalue weighted by atomic mass is 9.44. The number of furan rings is 1. The molecule has 258 valence electrons. The van der Waals surface area contributed by atoms with E-state index in [-0.39, 0.29) is 25.2 Å². The summed E-state index contributed by atoms with van der Waals surface area (Å²) in [5.74, 6) is -1.76. The minimum atomic E-state index is -5.05. The van der Waals surface area contributed by atoms with Gasteiger partial charge in [-0.15, -0.1) is 0 Å². The molecule has 4 aliphatic carbocycles. The highest BCUT2D eigenvalue weighted by atomic mass is 31.2. The number of fused-ring (bicyclic) bond motifs is 7. The number of hydrogen-bond donors (Lipinski definition) is 5. The fourth-order valence-corrected chi connectivity index (χ4v) is 9.85. The smallest absolute Gasteiger partial charge is 0.469 e. The molecule has 2 heterocycles. The molecule has 1 aromatic carbocycles. The summed E-state index contributed by atoms with van der Waals surface area (Å²) in [5, 5.41) is 21.2. The molecule has 6 N–H and O–H groups in total. The van der Waals surface area contributed by atoms with E-state index in [1.807, 2.05) is 6.07 Å².